The number of rotatable bonds is 7. The number of phenols is 1. The van der Waals surface area contributed by atoms with E-state index in [2.05, 4.69) is 5.16 Å². The predicted molar refractivity (Wildman–Crippen MR) is 167 cm³/mol. The van der Waals surface area contributed by atoms with Crippen LogP contribution in [0.25, 0.3) is 0 Å². The normalized spacial score (nSPS) is 24.3. The van der Waals surface area contributed by atoms with Gasteiger partial charge in [0.1, 0.15) is 36.4 Å². The highest BCUT2D eigenvalue weighted by atomic mass is 16.7. The summed E-state index contributed by atoms with van der Waals surface area (Å²) in [6.07, 6.45) is -2.48. The summed E-state index contributed by atoms with van der Waals surface area (Å²) in [5.41, 5.74) is -1.53. The van der Waals surface area contributed by atoms with Gasteiger partial charge in [-0.05, 0) is 48.4 Å². The highest BCUT2D eigenvalue weighted by Gasteiger charge is 2.68. The summed E-state index contributed by atoms with van der Waals surface area (Å²) in [6.45, 7) is -0.107. The number of aliphatic hydroxyl groups excluding tert-OH is 1. The number of phenolic OH excluding ortho intramolecular Hbond substituents is 1. The van der Waals surface area contributed by atoms with Crippen LogP contribution in [0.3, 0.4) is 0 Å². The Labute approximate surface area is 274 Å². The fourth-order valence-electron chi connectivity index (χ4n) is 7.19. The van der Waals surface area contributed by atoms with E-state index in [1.165, 1.54) is 6.07 Å². The second-order valence-electron chi connectivity index (χ2n) is 12.4. The third-order valence-electron chi connectivity index (χ3n) is 9.34. The Morgan fingerprint density at radius 2 is 1.60 bits per heavy atom. The molecule has 4 aromatic rings. The van der Waals surface area contributed by atoms with Crippen molar-refractivity contribution in [1.82, 2.24) is 10.1 Å². The van der Waals surface area contributed by atoms with E-state index in [0.29, 0.717) is 11.1 Å². The van der Waals surface area contributed by atoms with Crippen LogP contribution in [-0.4, -0.2) is 68.9 Å². The Kier molecular flexibility index (Phi) is 7.77. The van der Waals surface area contributed by atoms with E-state index in [-0.39, 0.29) is 53.7 Å². The quantitative estimate of drug-likeness (QED) is 0.236. The first-order chi connectivity index (χ1) is 23.1. The number of aromatic nitrogens is 1. The third kappa shape index (κ3) is 4.92. The van der Waals surface area contributed by atoms with Crippen molar-refractivity contribution in [3.05, 3.63) is 124 Å². The van der Waals surface area contributed by atoms with Crippen molar-refractivity contribution < 1.29 is 48.4 Å². The smallest absolute Gasteiger partial charge is 0.508 e. The second-order valence-corrected chi connectivity index (χ2v) is 12.4. The van der Waals surface area contributed by atoms with Crippen LogP contribution in [0.15, 0.2) is 94.7 Å². The Balaban J connectivity index is 1.35. The number of carbonyl (C=O) groups excluding carboxylic acids is 3. The Bertz CT molecular complexity index is 1940. The van der Waals surface area contributed by atoms with Gasteiger partial charge >= 0.3 is 6.16 Å². The average Bonchev–Trinajstić information content (AvgIpc) is 3.50. The fourth-order valence-corrected chi connectivity index (χ4v) is 7.19. The number of hydrogen-bond acceptors (Lipinski definition) is 12. The fraction of sp³-hybridized carbons (Fsp3) is 0.278. The third-order valence-corrected chi connectivity index (χ3v) is 9.34. The number of benzene rings is 3. The van der Waals surface area contributed by atoms with Crippen LogP contribution in [0, 0.1) is 11.8 Å². The average molecular weight is 653 g/mol. The monoisotopic (exact) mass is 652 g/mol. The van der Waals surface area contributed by atoms with Crippen molar-refractivity contribution >= 4 is 17.7 Å². The summed E-state index contributed by atoms with van der Waals surface area (Å²) in [5, 5.41) is 39.1. The summed E-state index contributed by atoms with van der Waals surface area (Å²) in [7, 11) is 3.33. The lowest BCUT2D eigenvalue weighted by Gasteiger charge is -2.52. The number of nitrogens with zero attached hydrogens (tertiary/aromatic N) is 2. The highest BCUT2D eigenvalue weighted by molar-refractivity contribution is 6.16. The van der Waals surface area contributed by atoms with E-state index in [4.69, 9.17) is 18.7 Å². The Morgan fingerprint density at radius 1 is 0.938 bits per heavy atom. The SMILES string of the molecule is CN(C)[C@@H]1c2onc(OCc3ccccc3)c2C(=O)[C@@]2(O)C(O)=C3C(=O)c4c(O)cccc4C[C@H]3[C@H](OC(=O)OCc3ccccc3)[C@@H]12. The van der Waals surface area contributed by atoms with Crippen LogP contribution in [-0.2, 0) is 29.1 Å². The minimum atomic E-state index is -2.80. The van der Waals surface area contributed by atoms with Gasteiger partial charge in [-0.25, -0.2) is 4.79 Å². The van der Waals surface area contributed by atoms with E-state index in [9.17, 15) is 29.7 Å². The van der Waals surface area contributed by atoms with E-state index in [1.807, 2.05) is 36.4 Å². The maximum absolute atomic E-state index is 14.5. The van der Waals surface area contributed by atoms with Crippen molar-refractivity contribution in [3.8, 4) is 11.6 Å². The summed E-state index contributed by atoms with van der Waals surface area (Å²) in [6, 6.07) is 21.6. The number of ether oxygens (including phenoxy) is 3. The molecule has 3 N–H and O–H groups in total. The minimum Gasteiger partial charge on any atom is -0.508 e. The second kappa shape index (κ2) is 12.0. The van der Waals surface area contributed by atoms with Crippen LogP contribution in [0.5, 0.6) is 11.6 Å². The number of aliphatic hydroxyl groups is 2. The van der Waals surface area contributed by atoms with Gasteiger partial charge in [-0.1, -0.05) is 72.8 Å². The molecule has 0 unspecified atom stereocenters. The minimum absolute atomic E-state index is 0.0181. The number of carbonyl (C=O) groups is 3. The number of aromatic hydroxyl groups is 1. The molecule has 3 aromatic carbocycles. The molecule has 246 valence electrons. The van der Waals surface area contributed by atoms with Gasteiger partial charge in [-0.2, -0.15) is 0 Å². The number of Topliss-reactive ketones (excluding diaryl/α,β-unsaturated/α-hetero) is 2. The number of fused-ring (bicyclic) bond motifs is 4. The molecule has 0 radical (unpaired) electrons. The number of ketones is 2. The molecule has 48 heavy (non-hydrogen) atoms. The molecule has 0 saturated heterocycles. The van der Waals surface area contributed by atoms with Gasteiger partial charge in [0.05, 0.1) is 17.5 Å². The summed E-state index contributed by atoms with van der Waals surface area (Å²) in [5.74, 6) is -5.69. The number of hydrogen-bond donors (Lipinski definition) is 3. The first-order valence-corrected chi connectivity index (χ1v) is 15.4. The molecule has 7 rings (SSSR count). The first kappa shape index (κ1) is 31.2. The van der Waals surface area contributed by atoms with E-state index in [0.717, 1.165) is 5.56 Å². The highest BCUT2D eigenvalue weighted by Crippen LogP contribution is 2.57. The van der Waals surface area contributed by atoms with Gasteiger partial charge in [-0.15, -0.1) is 0 Å². The van der Waals surface area contributed by atoms with Crippen LogP contribution in [0.2, 0.25) is 0 Å². The topological polar surface area (TPSA) is 169 Å². The lowest BCUT2D eigenvalue weighted by atomic mass is 9.57. The molecule has 0 spiro atoms. The largest absolute Gasteiger partial charge is 0.508 e. The molecule has 5 atom stereocenters. The predicted octanol–water partition coefficient (Wildman–Crippen LogP) is 4.71. The zero-order valence-electron chi connectivity index (χ0n) is 26.0. The molecule has 3 aliphatic carbocycles. The van der Waals surface area contributed by atoms with Gasteiger partial charge in [-0.3, -0.25) is 14.5 Å². The zero-order valence-corrected chi connectivity index (χ0v) is 26.0. The van der Waals surface area contributed by atoms with Gasteiger partial charge in [0.15, 0.2) is 17.1 Å². The first-order valence-electron chi connectivity index (χ1n) is 15.4. The zero-order chi connectivity index (χ0) is 33.7. The van der Waals surface area contributed by atoms with Gasteiger partial charge in [0.25, 0.3) is 5.88 Å². The Morgan fingerprint density at radius 3 is 2.27 bits per heavy atom. The van der Waals surface area contributed by atoms with Crippen molar-refractivity contribution in [2.75, 3.05) is 14.1 Å². The maximum Gasteiger partial charge on any atom is 0.508 e. The van der Waals surface area contributed by atoms with E-state index in [1.54, 1.807) is 55.4 Å². The molecule has 0 bridgehead atoms. The molecule has 12 nitrogen and oxygen atoms in total. The van der Waals surface area contributed by atoms with Crippen LogP contribution < -0.4 is 4.74 Å². The van der Waals surface area contributed by atoms with Gasteiger partial charge in [0.2, 0.25) is 5.78 Å². The van der Waals surface area contributed by atoms with E-state index < -0.39 is 53.1 Å². The van der Waals surface area contributed by atoms with Gasteiger partial charge in [0, 0.05) is 11.5 Å². The molecule has 0 amide bonds. The van der Waals surface area contributed by atoms with Crippen molar-refractivity contribution in [2.45, 2.75) is 37.4 Å². The van der Waals surface area contributed by atoms with Gasteiger partial charge < -0.3 is 34.1 Å². The van der Waals surface area contributed by atoms with Crippen molar-refractivity contribution in [3.63, 3.8) is 0 Å². The molecule has 0 saturated carbocycles. The summed E-state index contributed by atoms with van der Waals surface area (Å²) in [4.78, 5) is 43.5. The molecule has 12 heteroatoms. The van der Waals surface area contributed by atoms with E-state index >= 15 is 0 Å². The molecule has 1 aromatic heterocycles. The lowest BCUT2D eigenvalue weighted by molar-refractivity contribution is -0.123. The molecular formula is C36H32N2O10. The summed E-state index contributed by atoms with van der Waals surface area (Å²) >= 11 is 0. The molecule has 3 aliphatic rings. The molecule has 0 aliphatic heterocycles. The van der Waals surface area contributed by atoms with Crippen LogP contribution in [0.1, 0.15) is 49.2 Å². The summed E-state index contributed by atoms with van der Waals surface area (Å²) < 4.78 is 23.0. The van der Waals surface area contributed by atoms with Crippen molar-refractivity contribution in [1.29, 1.82) is 0 Å². The maximum atomic E-state index is 14.5. The molecule has 1 heterocycles. The lowest BCUT2D eigenvalue weighted by Crippen LogP contribution is -2.65. The standard InChI is InChI=1S/C36H32N2O10/c1-38(2)28-27-30(47-35(43)46-18-20-12-7-4-8-13-20)22-16-21-14-9-15-23(39)24(21)29(40)25(22)32(41)36(27,44)33(42)26-31(28)48-37-34(26)45-17-19-10-5-3-6-11-19/h3-15,22,27-28,30,39,41,44H,16-18H2,1-2H3/t22-,27-,28+,30+,36+/m1/s1. The van der Waals surface area contributed by atoms with Crippen LogP contribution in [0.4, 0.5) is 4.79 Å². The molecule has 0 fully saturated rings. The van der Waals surface area contributed by atoms with Crippen LogP contribution >= 0.6 is 0 Å². The molecular weight excluding hydrogens is 620 g/mol. The van der Waals surface area contributed by atoms with Crippen molar-refractivity contribution in [2.24, 2.45) is 11.8 Å². The Hall–Kier alpha value is -5.46.